The van der Waals surface area contributed by atoms with Gasteiger partial charge in [0.2, 0.25) is 0 Å². The van der Waals surface area contributed by atoms with Gasteiger partial charge in [-0.15, -0.1) is 17.9 Å². The van der Waals surface area contributed by atoms with E-state index in [1.54, 1.807) is 26.8 Å². The number of allylic oxidation sites excluding steroid dienone is 1. The van der Waals surface area contributed by atoms with Crippen molar-refractivity contribution in [2.75, 3.05) is 0 Å². The highest BCUT2D eigenvalue weighted by molar-refractivity contribution is 7.98. The molecule has 0 aliphatic rings. The van der Waals surface area contributed by atoms with Gasteiger partial charge in [-0.25, -0.2) is 4.98 Å². The summed E-state index contributed by atoms with van der Waals surface area (Å²) in [4.78, 5) is 21.3. The Kier molecular flexibility index (Phi) is 5.10. The molecular weight excluding hydrogens is 354 g/mol. The minimum Gasteiger partial charge on any atom is -0.283 e. The first-order valence-corrected chi connectivity index (χ1v) is 9.91. The Morgan fingerprint density at radius 2 is 2.04 bits per heavy atom. The van der Waals surface area contributed by atoms with E-state index < -0.39 is 0 Å². The van der Waals surface area contributed by atoms with Gasteiger partial charge in [0.1, 0.15) is 4.83 Å². The lowest BCUT2D eigenvalue weighted by Gasteiger charge is -2.09. The van der Waals surface area contributed by atoms with Crippen molar-refractivity contribution in [1.29, 1.82) is 0 Å². The van der Waals surface area contributed by atoms with E-state index in [4.69, 9.17) is 4.98 Å². The molecule has 132 valence electrons. The first-order valence-electron chi connectivity index (χ1n) is 8.11. The second-order valence-corrected chi connectivity index (χ2v) is 7.92. The molecule has 0 atom stereocenters. The van der Waals surface area contributed by atoms with E-state index in [1.807, 2.05) is 27.7 Å². The minimum absolute atomic E-state index is 0.00295. The number of hydrogen-bond donors (Lipinski definition) is 0. The normalized spacial score (nSPS) is 11.4. The Balaban J connectivity index is 2.02. The smallest absolute Gasteiger partial charge is 0.263 e. The Labute approximate surface area is 154 Å². The zero-order valence-corrected chi connectivity index (χ0v) is 16.5. The molecule has 3 rings (SSSR count). The standard InChI is InChI=1S/C17H21N5OS2/c1-6-8-21-16(23)14-10(3)12(5)25-15(14)18-17(21)24-9-13-11(4)19-22(7-2)20-13/h6H,1,7-9H2,2-5H3. The van der Waals surface area contributed by atoms with Crippen LogP contribution in [-0.2, 0) is 18.8 Å². The third kappa shape index (κ3) is 3.28. The molecular formula is C17H21N5OS2. The predicted octanol–water partition coefficient (Wildman–Crippen LogP) is 3.47. The van der Waals surface area contributed by atoms with Crippen LogP contribution in [0.25, 0.3) is 10.2 Å². The molecule has 0 saturated carbocycles. The summed E-state index contributed by atoms with van der Waals surface area (Å²) in [6.07, 6.45) is 1.73. The van der Waals surface area contributed by atoms with Crippen LogP contribution in [0.3, 0.4) is 0 Å². The lowest BCUT2D eigenvalue weighted by atomic mass is 10.2. The second-order valence-electron chi connectivity index (χ2n) is 5.77. The van der Waals surface area contributed by atoms with Crippen LogP contribution in [-0.4, -0.2) is 24.5 Å². The number of hydrogen-bond acceptors (Lipinski definition) is 6. The zero-order valence-electron chi connectivity index (χ0n) is 14.9. The van der Waals surface area contributed by atoms with Crippen LogP contribution in [0.4, 0.5) is 0 Å². The summed E-state index contributed by atoms with van der Waals surface area (Å²) in [6, 6.07) is 0. The first-order chi connectivity index (χ1) is 12.0. The van der Waals surface area contributed by atoms with E-state index in [-0.39, 0.29) is 5.56 Å². The van der Waals surface area contributed by atoms with Gasteiger partial charge in [0, 0.05) is 17.2 Å². The van der Waals surface area contributed by atoms with Crippen molar-refractivity contribution in [2.24, 2.45) is 0 Å². The highest BCUT2D eigenvalue weighted by Crippen LogP contribution is 2.29. The van der Waals surface area contributed by atoms with Gasteiger partial charge < -0.3 is 0 Å². The zero-order chi connectivity index (χ0) is 18.1. The molecule has 0 spiro atoms. The summed E-state index contributed by atoms with van der Waals surface area (Å²) in [5.41, 5.74) is 2.86. The van der Waals surface area contributed by atoms with Crippen LogP contribution in [0.5, 0.6) is 0 Å². The topological polar surface area (TPSA) is 65.6 Å². The van der Waals surface area contributed by atoms with Crippen molar-refractivity contribution in [3.8, 4) is 0 Å². The third-order valence-electron chi connectivity index (χ3n) is 4.11. The Bertz CT molecular complexity index is 999. The molecule has 0 saturated heterocycles. The van der Waals surface area contributed by atoms with Gasteiger partial charge in [0.05, 0.1) is 23.3 Å². The largest absolute Gasteiger partial charge is 0.283 e. The molecule has 8 heteroatoms. The van der Waals surface area contributed by atoms with Gasteiger partial charge in [0.25, 0.3) is 5.56 Å². The van der Waals surface area contributed by atoms with Crippen LogP contribution < -0.4 is 5.56 Å². The van der Waals surface area contributed by atoms with Crippen LogP contribution >= 0.6 is 23.1 Å². The summed E-state index contributed by atoms with van der Waals surface area (Å²) < 4.78 is 1.69. The molecule has 0 radical (unpaired) electrons. The molecule has 0 aliphatic heterocycles. The monoisotopic (exact) mass is 375 g/mol. The molecule has 0 fully saturated rings. The maximum atomic E-state index is 12.9. The van der Waals surface area contributed by atoms with Crippen molar-refractivity contribution in [3.63, 3.8) is 0 Å². The van der Waals surface area contributed by atoms with E-state index in [0.717, 1.165) is 38.6 Å². The molecule has 0 unspecified atom stereocenters. The van der Waals surface area contributed by atoms with Crippen molar-refractivity contribution in [3.05, 3.63) is 44.8 Å². The van der Waals surface area contributed by atoms with E-state index in [2.05, 4.69) is 16.8 Å². The number of fused-ring (bicyclic) bond motifs is 1. The van der Waals surface area contributed by atoms with Crippen molar-refractivity contribution < 1.29 is 0 Å². The molecule has 3 aromatic rings. The summed E-state index contributed by atoms with van der Waals surface area (Å²) in [5.74, 6) is 0.629. The van der Waals surface area contributed by atoms with Crippen molar-refractivity contribution in [1.82, 2.24) is 24.5 Å². The summed E-state index contributed by atoms with van der Waals surface area (Å²) in [7, 11) is 0. The van der Waals surface area contributed by atoms with Crippen LogP contribution in [0.2, 0.25) is 0 Å². The van der Waals surface area contributed by atoms with Crippen LogP contribution in [0, 0.1) is 20.8 Å². The SMILES string of the molecule is C=CCn1c(SCc2nn(CC)nc2C)nc2sc(C)c(C)c2c1=O. The van der Waals surface area contributed by atoms with E-state index in [0.29, 0.717) is 17.5 Å². The first kappa shape index (κ1) is 17.9. The molecule has 0 N–H and O–H groups in total. The van der Waals surface area contributed by atoms with Gasteiger partial charge in [-0.3, -0.25) is 9.36 Å². The van der Waals surface area contributed by atoms with Crippen LogP contribution in [0.15, 0.2) is 22.6 Å². The summed E-state index contributed by atoms with van der Waals surface area (Å²) >= 11 is 3.09. The molecule has 0 aromatic carbocycles. The minimum atomic E-state index is 0.00295. The average Bonchev–Trinajstić information content (AvgIpc) is 3.08. The molecule has 25 heavy (non-hydrogen) atoms. The van der Waals surface area contributed by atoms with Crippen LogP contribution in [0.1, 0.15) is 28.8 Å². The number of aromatic nitrogens is 5. The predicted molar refractivity (Wildman–Crippen MR) is 104 cm³/mol. The molecule has 3 aromatic heterocycles. The van der Waals surface area contributed by atoms with Gasteiger partial charge in [-0.05, 0) is 33.3 Å². The van der Waals surface area contributed by atoms with Gasteiger partial charge in [0.15, 0.2) is 5.16 Å². The fraction of sp³-hybridized carbons (Fsp3) is 0.412. The highest BCUT2D eigenvalue weighted by Gasteiger charge is 2.17. The Morgan fingerprint density at radius 3 is 2.68 bits per heavy atom. The van der Waals surface area contributed by atoms with Crippen molar-refractivity contribution >= 4 is 33.3 Å². The lowest BCUT2D eigenvalue weighted by Crippen LogP contribution is -2.22. The van der Waals surface area contributed by atoms with Gasteiger partial charge in [-0.2, -0.15) is 15.0 Å². The quantitative estimate of drug-likeness (QED) is 0.375. The second kappa shape index (κ2) is 7.13. The number of nitrogens with zero attached hydrogens (tertiary/aromatic N) is 5. The Hall–Kier alpha value is -1.93. The average molecular weight is 376 g/mol. The van der Waals surface area contributed by atoms with E-state index in [9.17, 15) is 4.79 Å². The fourth-order valence-corrected chi connectivity index (χ4v) is 4.66. The third-order valence-corrected chi connectivity index (χ3v) is 6.19. The van der Waals surface area contributed by atoms with Gasteiger partial charge >= 0.3 is 0 Å². The van der Waals surface area contributed by atoms with Gasteiger partial charge in [-0.1, -0.05) is 17.8 Å². The lowest BCUT2D eigenvalue weighted by molar-refractivity contribution is 0.563. The number of aryl methyl sites for hydroxylation is 4. The summed E-state index contributed by atoms with van der Waals surface area (Å²) in [6.45, 7) is 12.9. The molecule has 0 aliphatic carbocycles. The number of thioether (sulfide) groups is 1. The van der Waals surface area contributed by atoms with E-state index in [1.165, 1.54) is 11.8 Å². The maximum Gasteiger partial charge on any atom is 0.263 e. The Morgan fingerprint density at radius 1 is 1.28 bits per heavy atom. The summed E-state index contributed by atoms with van der Waals surface area (Å²) in [5, 5.41) is 10.3. The molecule has 0 bridgehead atoms. The number of rotatable bonds is 6. The fourth-order valence-electron chi connectivity index (χ4n) is 2.58. The van der Waals surface area contributed by atoms with Crippen molar-refractivity contribution in [2.45, 2.75) is 51.7 Å². The molecule has 3 heterocycles. The number of thiophene rings is 1. The molecule has 0 amide bonds. The van der Waals surface area contributed by atoms with E-state index >= 15 is 0 Å². The highest BCUT2D eigenvalue weighted by atomic mass is 32.2. The molecule has 6 nitrogen and oxygen atoms in total. The maximum absolute atomic E-state index is 12.9.